The van der Waals surface area contributed by atoms with Gasteiger partial charge in [-0.1, -0.05) is 15.9 Å². The molecular weight excluding hydrogens is 376 g/mol. The van der Waals surface area contributed by atoms with Gasteiger partial charge in [0.2, 0.25) is 0 Å². The predicted octanol–water partition coefficient (Wildman–Crippen LogP) is 2.28. The number of benzene rings is 1. The molecule has 108 valence electrons. The predicted molar refractivity (Wildman–Crippen MR) is 84.7 cm³/mol. The molecule has 3 N–H and O–H groups in total. The molecule has 0 aliphatic rings. The average Bonchev–Trinajstić information content (AvgIpc) is 2.37. The van der Waals surface area contributed by atoms with Crippen molar-refractivity contribution >= 4 is 31.9 Å². The zero-order chi connectivity index (χ0) is 14.1. The van der Waals surface area contributed by atoms with Gasteiger partial charge in [-0.05, 0) is 35.0 Å². The zero-order valence-electron chi connectivity index (χ0n) is 11.0. The fourth-order valence-electron chi connectivity index (χ4n) is 1.65. The Kier molecular flexibility index (Phi) is 8.65. The molecule has 0 saturated carbocycles. The molecule has 0 fully saturated rings. The van der Waals surface area contributed by atoms with E-state index in [4.69, 9.17) is 9.84 Å². The second kappa shape index (κ2) is 9.72. The monoisotopic (exact) mass is 394 g/mol. The van der Waals surface area contributed by atoms with Crippen LogP contribution in [-0.4, -0.2) is 38.0 Å². The number of nitrogens with one attached hydrogen (secondary N) is 2. The van der Waals surface area contributed by atoms with Crippen LogP contribution in [0.15, 0.2) is 21.1 Å². The van der Waals surface area contributed by atoms with E-state index in [1.165, 1.54) is 0 Å². The molecule has 1 rings (SSSR count). The van der Waals surface area contributed by atoms with Crippen molar-refractivity contribution in [2.24, 2.45) is 0 Å². The van der Waals surface area contributed by atoms with Gasteiger partial charge < -0.3 is 20.5 Å². The van der Waals surface area contributed by atoms with E-state index >= 15 is 0 Å². The molecule has 19 heavy (non-hydrogen) atoms. The number of halogens is 2. The fourth-order valence-corrected chi connectivity index (χ4v) is 3.08. The second-order valence-corrected chi connectivity index (χ2v) is 5.73. The number of aliphatic hydroxyl groups excluding tert-OH is 1. The lowest BCUT2D eigenvalue weighted by Crippen LogP contribution is -2.28. The first-order chi connectivity index (χ1) is 9.19. The summed E-state index contributed by atoms with van der Waals surface area (Å²) in [5.41, 5.74) is 1.12. The molecule has 0 radical (unpaired) electrons. The molecule has 1 aromatic carbocycles. The minimum Gasteiger partial charge on any atom is -0.492 e. The molecule has 0 bridgehead atoms. The van der Waals surface area contributed by atoms with Gasteiger partial charge in [0.25, 0.3) is 0 Å². The SMILES string of the molecule is CCOc1c(Br)cc(Br)cc1CNCCNCCO. The highest BCUT2D eigenvalue weighted by atomic mass is 79.9. The van der Waals surface area contributed by atoms with Crippen molar-refractivity contribution in [3.8, 4) is 5.75 Å². The molecule has 6 heteroatoms. The Hall–Kier alpha value is -0.140. The number of ether oxygens (including phenoxy) is 1. The van der Waals surface area contributed by atoms with E-state index in [1.807, 2.05) is 13.0 Å². The molecular formula is C13H20Br2N2O2. The molecule has 0 aliphatic heterocycles. The molecule has 0 unspecified atom stereocenters. The molecule has 0 aliphatic carbocycles. The second-order valence-electron chi connectivity index (χ2n) is 3.96. The lowest BCUT2D eigenvalue weighted by molar-refractivity contribution is 0.292. The minimum atomic E-state index is 0.174. The van der Waals surface area contributed by atoms with Gasteiger partial charge in [-0.15, -0.1) is 0 Å². The van der Waals surface area contributed by atoms with E-state index in [9.17, 15) is 0 Å². The molecule has 0 heterocycles. The van der Waals surface area contributed by atoms with Crippen LogP contribution < -0.4 is 15.4 Å². The summed E-state index contributed by atoms with van der Waals surface area (Å²) < 4.78 is 7.65. The van der Waals surface area contributed by atoms with Gasteiger partial charge in [0.05, 0.1) is 17.7 Å². The Morgan fingerprint density at radius 1 is 1.16 bits per heavy atom. The van der Waals surface area contributed by atoms with Gasteiger partial charge in [0, 0.05) is 36.2 Å². The summed E-state index contributed by atoms with van der Waals surface area (Å²) >= 11 is 7.01. The summed E-state index contributed by atoms with van der Waals surface area (Å²) in [6, 6.07) is 4.04. The van der Waals surface area contributed by atoms with E-state index in [0.717, 1.165) is 39.9 Å². The molecule has 0 atom stereocenters. The number of aliphatic hydroxyl groups is 1. The number of hydrogen-bond acceptors (Lipinski definition) is 4. The van der Waals surface area contributed by atoms with Gasteiger partial charge >= 0.3 is 0 Å². The third-order valence-corrected chi connectivity index (χ3v) is 3.50. The van der Waals surface area contributed by atoms with E-state index < -0.39 is 0 Å². The van der Waals surface area contributed by atoms with Gasteiger partial charge in [0.1, 0.15) is 5.75 Å². The zero-order valence-corrected chi connectivity index (χ0v) is 14.2. The maximum atomic E-state index is 8.65. The number of rotatable bonds is 9. The van der Waals surface area contributed by atoms with E-state index in [1.54, 1.807) is 0 Å². The maximum Gasteiger partial charge on any atom is 0.138 e. The van der Waals surface area contributed by atoms with Crippen LogP contribution in [-0.2, 0) is 6.54 Å². The highest BCUT2D eigenvalue weighted by Crippen LogP contribution is 2.32. The van der Waals surface area contributed by atoms with Crippen LogP contribution in [0.2, 0.25) is 0 Å². The quantitative estimate of drug-likeness (QED) is 0.561. The van der Waals surface area contributed by atoms with Crippen molar-refractivity contribution in [3.05, 3.63) is 26.6 Å². The first kappa shape index (κ1) is 16.9. The molecule has 0 amide bonds. The Bertz CT molecular complexity index is 389. The van der Waals surface area contributed by atoms with Crippen LogP contribution in [0.1, 0.15) is 12.5 Å². The molecule has 1 aromatic rings. The van der Waals surface area contributed by atoms with E-state index in [0.29, 0.717) is 13.2 Å². The van der Waals surface area contributed by atoms with Crippen LogP contribution >= 0.6 is 31.9 Å². The summed E-state index contributed by atoms with van der Waals surface area (Å²) in [5.74, 6) is 0.890. The van der Waals surface area contributed by atoms with Crippen LogP contribution in [0, 0.1) is 0 Å². The summed E-state index contributed by atoms with van der Waals surface area (Å²) in [4.78, 5) is 0. The van der Waals surface area contributed by atoms with Crippen molar-refractivity contribution < 1.29 is 9.84 Å². The Morgan fingerprint density at radius 3 is 2.58 bits per heavy atom. The summed E-state index contributed by atoms with van der Waals surface area (Å²) in [5, 5.41) is 15.1. The Balaban J connectivity index is 2.51. The van der Waals surface area contributed by atoms with E-state index in [2.05, 4.69) is 48.6 Å². The standard InChI is InChI=1S/C13H20Br2N2O2/c1-2-19-13-10(7-11(14)8-12(13)15)9-17-4-3-16-5-6-18/h7-8,16-18H,2-6,9H2,1H3. The van der Waals surface area contributed by atoms with Crippen LogP contribution in [0.3, 0.4) is 0 Å². The molecule has 4 nitrogen and oxygen atoms in total. The van der Waals surface area contributed by atoms with Crippen molar-refractivity contribution in [2.75, 3.05) is 32.8 Å². The summed E-state index contributed by atoms with van der Waals surface area (Å²) in [6.45, 7) is 5.85. The smallest absolute Gasteiger partial charge is 0.138 e. The molecule has 0 saturated heterocycles. The topological polar surface area (TPSA) is 53.5 Å². The van der Waals surface area contributed by atoms with Crippen LogP contribution in [0.4, 0.5) is 0 Å². The third kappa shape index (κ3) is 6.23. The van der Waals surface area contributed by atoms with Crippen molar-refractivity contribution in [1.82, 2.24) is 10.6 Å². The number of hydrogen-bond donors (Lipinski definition) is 3. The summed E-state index contributed by atoms with van der Waals surface area (Å²) in [7, 11) is 0. The van der Waals surface area contributed by atoms with Crippen molar-refractivity contribution in [3.63, 3.8) is 0 Å². The van der Waals surface area contributed by atoms with Gasteiger partial charge in [-0.3, -0.25) is 0 Å². The van der Waals surface area contributed by atoms with Crippen LogP contribution in [0.25, 0.3) is 0 Å². The largest absolute Gasteiger partial charge is 0.492 e. The lowest BCUT2D eigenvalue weighted by Gasteiger charge is -2.14. The van der Waals surface area contributed by atoms with Crippen molar-refractivity contribution in [2.45, 2.75) is 13.5 Å². The lowest BCUT2D eigenvalue weighted by atomic mass is 10.2. The highest BCUT2D eigenvalue weighted by Gasteiger charge is 2.09. The summed E-state index contributed by atoms with van der Waals surface area (Å²) in [6.07, 6.45) is 0. The fraction of sp³-hybridized carbons (Fsp3) is 0.538. The molecule has 0 spiro atoms. The average molecular weight is 396 g/mol. The van der Waals surface area contributed by atoms with Crippen molar-refractivity contribution in [1.29, 1.82) is 0 Å². The van der Waals surface area contributed by atoms with Gasteiger partial charge in [-0.2, -0.15) is 0 Å². The Labute approximate surface area is 131 Å². The minimum absolute atomic E-state index is 0.174. The first-order valence-electron chi connectivity index (χ1n) is 6.32. The maximum absolute atomic E-state index is 8.65. The Morgan fingerprint density at radius 2 is 1.89 bits per heavy atom. The third-order valence-electron chi connectivity index (χ3n) is 2.46. The normalized spacial score (nSPS) is 10.7. The van der Waals surface area contributed by atoms with E-state index in [-0.39, 0.29) is 6.61 Å². The van der Waals surface area contributed by atoms with Gasteiger partial charge in [-0.25, -0.2) is 0 Å². The first-order valence-corrected chi connectivity index (χ1v) is 7.90. The highest BCUT2D eigenvalue weighted by molar-refractivity contribution is 9.11. The van der Waals surface area contributed by atoms with Gasteiger partial charge in [0.15, 0.2) is 0 Å². The molecule has 0 aromatic heterocycles. The van der Waals surface area contributed by atoms with Crippen LogP contribution in [0.5, 0.6) is 5.75 Å².